The number of halogens is 1. The van der Waals surface area contributed by atoms with Crippen molar-refractivity contribution in [3.05, 3.63) is 28.2 Å². The highest BCUT2D eigenvalue weighted by molar-refractivity contribution is 9.10. The minimum atomic E-state index is -0.987. The van der Waals surface area contributed by atoms with Gasteiger partial charge in [0.2, 0.25) is 6.79 Å². The molecule has 0 amide bonds. The van der Waals surface area contributed by atoms with Crippen molar-refractivity contribution in [1.29, 1.82) is 0 Å². The number of hydrogen-bond donors (Lipinski definition) is 1. The molecule has 0 aromatic heterocycles. The van der Waals surface area contributed by atoms with E-state index in [1.165, 1.54) is 6.08 Å². The zero-order valence-electron chi connectivity index (χ0n) is 7.57. The fourth-order valence-corrected chi connectivity index (χ4v) is 1.82. The molecule has 0 aliphatic carbocycles. The monoisotopic (exact) mass is 270 g/mol. The summed E-state index contributed by atoms with van der Waals surface area (Å²) in [4.78, 5) is 10.4. The van der Waals surface area contributed by atoms with E-state index in [2.05, 4.69) is 15.9 Å². The number of benzene rings is 1. The van der Waals surface area contributed by atoms with Crippen molar-refractivity contribution in [3.63, 3.8) is 0 Å². The van der Waals surface area contributed by atoms with E-state index in [0.29, 0.717) is 16.0 Å². The highest BCUT2D eigenvalue weighted by Crippen LogP contribution is 2.41. The van der Waals surface area contributed by atoms with Gasteiger partial charge in [-0.15, -0.1) is 0 Å². The SMILES string of the molecule is O=C(O)C=Cc1ccc2c(c1Br)OCO2. The fraction of sp³-hybridized carbons (Fsp3) is 0.100. The topological polar surface area (TPSA) is 55.8 Å². The molecular formula is C10H7BrO4. The van der Waals surface area contributed by atoms with Crippen LogP contribution in [0.3, 0.4) is 0 Å². The van der Waals surface area contributed by atoms with E-state index in [1.807, 2.05) is 0 Å². The first kappa shape index (κ1) is 10.0. The molecule has 0 saturated heterocycles. The van der Waals surface area contributed by atoms with Gasteiger partial charge in [-0.3, -0.25) is 0 Å². The van der Waals surface area contributed by atoms with Gasteiger partial charge in [0, 0.05) is 6.08 Å². The number of fused-ring (bicyclic) bond motifs is 1. The molecule has 5 heteroatoms. The molecule has 15 heavy (non-hydrogen) atoms. The van der Waals surface area contributed by atoms with Gasteiger partial charge in [-0.05, 0) is 39.7 Å². The van der Waals surface area contributed by atoms with Crippen molar-refractivity contribution in [2.75, 3.05) is 6.79 Å². The lowest BCUT2D eigenvalue weighted by molar-refractivity contribution is -0.131. The molecule has 1 aromatic rings. The molecule has 0 bridgehead atoms. The Morgan fingerprint density at radius 1 is 1.47 bits per heavy atom. The van der Waals surface area contributed by atoms with Gasteiger partial charge in [0.05, 0.1) is 4.47 Å². The summed E-state index contributed by atoms with van der Waals surface area (Å²) in [7, 11) is 0. The summed E-state index contributed by atoms with van der Waals surface area (Å²) in [6, 6.07) is 3.51. The van der Waals surface area contributed by atoms with Crippen LogP contribution in [-0.2, 0) is 4.79 Å². The van der Waals surface area contributed by atoms with E-state index in [4.69, 9.17) is 14.6 Å². The third-order valence-electron chi connectivity index (χ3n) is 1.91. The maximum absolute atomic E-state index is 10.4. The Morgan fingerprint density at radius 3 is 3.00 bits per heavy atom. The van der Waals surface area contributed by atoms with E-state index in [9.17, 15) is 4.79 Å². The molecular weight excluding hydrogens is 264 g/mol. The predicted molar refractivity (Wildman–Crippen MR) is 56.9 cm³/mol. The van der Waals surface area contributed by atoms with Crippen molar-refractivity contribution in [3.8, 4) is 11.5 Å². The van der Waals surface area contributed by atoms with Crippen LogP contribution in [0.25, 0.3) is 6.08 Å². The Bertz CT molecular complexity index is 439. The van der Waals surface area contributed by atoms with Crippen LogP contribution in [0.4, 0.5) is 0 Å². The van der Waals surface area contributed by atoms with Crippen LogP contribution in [0.1, 0.15) is 5.56 Å². The molecule has 0 radical (unpaired) electrons. The average Bonchev–Trinajstić information content (AvgIpc) is 2.65. The second-order valence-electron chi connectivity index (χ2n) is 2.87. The maximum Gasteiger partial charge on any atom is 0.328 e. The minimum absolute atomic E-state index is 0.194. The van der Waals surface area contributed by atoms with Gasteiger partial charge in [0.15, 0.2) is 11.5 Å². The smallest absolute Gasteiger partial charge is 0.328 e. The summed E-state index contributed by atoms with van der Waals surface area (Å²) in [5.74, 6) is 0.288. The van der Waals surface area contributed by atoms with E-state index < -0.39 is 5.97 Å². The van der Waals surface area contributed by atoms with Gasteiger partial charge in [-0.2, -0.15) is 0 Å². The number of carboxylic acid groups (broad SMARTS) is 1. The van der Waals surface area contributed by atoms with Crippen LogP contribution in [-0.4, -0.2) is 17.9 Å². The quantitative estimate of drug-likeness (QED) is 0.838. The molecule has 0 saturated carbocycles. The van der Waals surface area contributed by atoms with Crippen molar-refractivity contribution < 1.29 is 19.4 Å². The lowest BCUT2D eigenvalue weighted by Gasteiger charge is -2.02. The van der Waals surface area contributed by atoms with Gasteiger partial charge in [0.25, 0.3) is 0 Å². The lowest BCUT2D eigenvalue weighted by Crippen LogP contribution is -1.93. The zero-order chi connectivity index (χ0) is 10.8. The van der Waals surface area contributed by atoms with Crippen molar-refractivity contribution in [2.24, 2.45) is 0 Å². The number of aliphatic carboxylic acids is 1. The van der Waals surface area contributed by atoms with Gasteiger partial charge in [-0.25, -0.2) is 4.79 Å². The molecule has 0 atom stereocenters. The molecule has 1 aliphatic heterocycles. The molecule has 1 heterocycles. The Morgan fingerprint density at radius 2 is 2.27 bits per heavy atom. The van der Waals surface area contributed by atoms with Gasteiger partial charge < -0.3 is 14.6 Å². The summed E-state index contributed by atoms with van der Waals surface area (Å²) in [5, 5.41) is 8.50. The first-order valence-electron chi connectivity index (χ1n) is 4.17. The second-order valence-corrected chi connectivity index (χ2v) is 3.67. The van der Waals surface area contributed by atoms with Gasteiger partial charge in [0.1, 0.15) is 0 Å². The van der Waals surface area contributed by atoms with Gasteiger partial charge >= 0.3 is 5.97 Å². The second kappa shape index (κ2) is 3.94. The van der Waals surface area contributed by atoms with Crippen LogP contribution >= 0.6 is 15.9 Å². The molecule has 78 valence electrons. The summed E-state index contributed by atoms with van der Waals surface area (Å²) < 4.78 is 11.1. The number of ether oxygens (including phenoxy) is 2. The van der Waals surface area contributed by atoms with Crippen molar-refractivity contribution in [2.45, 2.75) is 0 Å². The molecule has 1 N–H and O–H groups in total. The fourth-order valence-electron chi connectivity index (χ4n) is 1.24. The third kappa shape index (κ3) is 1.97. The van der Waals surface area contributed by atoms with E-state index in [0.717, 1.165) is 11.6 Å². The number of carboxylic acids is 1. The minimum Gasteiger partial charge on any atom is -0.478 e. The molecule has 4 nitrogen and oxygen atoms in total. The van der Waals surface area contributed by atoms with E-state index in [-0.39, 0.29) is 6.79 Å². The van der Waals surface area contributed by atoms with Gasteiger partial charge in [-0.1, -0.05) is 0 Å². The molecule has 1 aliphatic rings. The molecule has 0 fully saturated rings. The van der Waals surface area contributed by atoms with Crippen LogP contribution in [0.5, 0.6) is 11.5 Å². The Labute approximate surface area is 94.2 Å². The van der Waals surface area contributed by atoms with Crippen molar-refractivity contribution >= 4 is 28.0 Å². The summed E-state index contributed by atoms with van der Waals surface area (Å²) >= 11 is 3.33. The van der Waals surface area contributed by atoms with Crippen LogP contribution in [0.15, 0.2) is 22.7 Å². The highest BCUT2D eigenvalue weighted by Gasteiger charge is 2.18. The average molecular weight is 271 g/mol. The Balaban J connectivity index is 2.38. The Kier molecular flexibility index (Phi) is 2.64. The summed E-state index contributed by atoms with van der Waals surface area (Å²) in [5.41, 5.74) is 0.738. The van der Waals surface area contributed by atoms with Crippen LogP contribution in [0.2, 0.25) is 0 Å². The summed E-state index contributed by atoms with van der Waals surface area (Å²) in [6.07, 6.45) is 2.57. The molecule has 2 rings (SSSR count). The normalized spacial score (nSPS) is 13.4. The van der Waals surface area contributed by atoms with Crippen LogP contribution in [0, 0.1) is 0 Å². The van der Waals surface area contributed by atoms with Crippen molar-refractivity contribution in [1.82, 2.24) is 0 Å². The summed E-state index contributed by atoms with van der Waals surface area (Å²) in [6.45, 7) is 0.194. The lowest BCUT2D eigenvalue weighted by atomic mass is 10.2. The number of carbonyl (C=O) groups is 1. The molecule has 0 spiro atoms. The molecule has 0 unspecified atom stereocenters. The number of rotatable bonds is 2. The van der Waals surface area contributed by atoms with Crippen LogP contribution < -0.4 is 9.47 Å². The zero-order valence-corrected chi connectivity index (χ0v) is 9.15. The highest BCUT2D eigenvalue weighted by atomic mass is 79.9. The first-order valence-corrected chi connectivity index (χ1v) is 4.97. The largest absolute Gasteiger partial charge is 0.478 e. The maximum atomic E-state index is 10.4. The third-order valence-corrected chi connectivity index (χ3v) is 2.73. The van der Waals surface area contributed by atoms with E-state index >= 15 is 0 Å². The number of hydrogen-bond acceptors (Lipinski definition) is 3. The Hall–Kier alpha value is -1.49. The predicted octanol–water partition coefficient (Wildman–Crippen LogP) is 2.28. The first-order chi connectivity index (χ1) is 7.18. The van der Waals surface area contributed by atoms with E-state index in [1.54, 1.807) is 12.1 Å². The molecule has 1 aromatic carbocycles. The standard InChI is InChI=1S/C10H7BrO4/c11-9-6(2-4-8(12)13)1-3-7-10(9)15-5-14-7/h1-4H,5H2,(H,12,13).